The molecule has 2 atom stereocenters. The average Bonchev–Trinajstić information content (AvgIpc) is 2.34. The number of piperidine rings is 2. The minimum absolute atomic E-state index is 0.387. The van der Waals surface area contributed by atoms with Crippen molar-refractivity contribution in [1.82, 2.24) is 4.90 Å². The Bertz CT molecular complexity index is 455. The van der Waals surface area contributed by atoms with E-state index >= 15 is 0 Å². The van der Waals surface area contributed by atoms with Gasteiger partial charge in [-0.3, -0.25) is 0 Å². The quantitative estimate of drug-likeness (QED) is 0.832. The first kappa shape index (κ1) is 12.9. The van der Waals surface area contributed by atoms with Gasteiger partial charge in [-0.15, -0.1) is 0 Å². The average molecular weight is 259 g/mol. The highest BCUT2D eigenvalue weighted by atomic mass is 15.2. The van der Waals surface area contributed by atoms with Crippen LogP contribution in [0, 0.1) is 25.7 Å². The van der Waals surface area contributed by atoms with Crippen molar-refractivity contribution < 1.29 is 0 Å². The van der Waals surface area contributed by atoms with Crippen LogP contribution in [-0.4, -0.2) is 44.2 Å². The Kier molecular flexibility index (Phi) is 3.27. The lowest BCUT2D eigenvalue weighted by Gasteiger charge is -2.49. The van der Waals surface area contributed by atoms with Crippen molar-refractivity contribution in [3.63, 3.8) is 0 Å². The highest BCUT2D eigenvalue weighted by Gasteiger charge is 2.39. The number of hydrogen-bond donors (Lipinski definition) is 1. The summed E-state index contributed by atoms with van der Waals surface area (Å²) in [5.74, 6) is 1.22. The molecule has 2 N–H and O–H groups in total. The molecule has 2 saturated heterocycles. The van der Waals surface area contributed by atoms with Crippen molar-refractivity contribution >= 4 is 5.69 Å². The van der Waals surface area contributed by atoms with E-state index in [1.54, 1.807) is 0 Å². The van der Waals surface area contributed by atoms with Gasteiger partial charge in [0.05, 0.1) is 0 Å². The van der Waals surface area contributed by atoms with E-state index < -0.39 is 0 Å². The Morgan fingerprint density at radius 2 is 1.68 bits per heavy atom. The number of nitrogens with zero attached hydrogens (tertiary/aromatic N) is 2. The van der Waals surface area contributed by atoms with Gasteiger partial charge in [-0.1, -0.05) is 12.1 Å². The van der Waals surface area contributed by atoms with E-state index in [4.69, 9.17) is 5.73 Å². The van der Waals surface area contributed by atoms with Crippen LogP contribution in [0.15, 0.2) is 18.2 Å². The second kappa shape index (κ2) is 4.80. The van der Waals surface area contributed by atoms with Crippen molar-refractivity contribution in [2.24, 2.45) is 17.6 Å². The van der Waals surface area contributed by atoms with Crippen LogP contribution in [0.1, 0.15) is 11.1 Å². The summed E-state index contributed by atoms with van der Waals surface area (Å²) in [4.78, 5) is 5.01. The third-order valence-electron chi connectivity index (χ3n) is 4.80. The fourth-order valence-corrected chi connectivity index (χ4v) is 3.76. The third kappa shape index (κ3) is 2.37. The third-order valence-corrected chi connectivity index (χ3v) is 4.80. The Balaban J connectivity index is 1.86. The van der Waals surface area contributed by atoms with E-state index in [1.165, 1.54) is 16.8 Å². The topological polar surface area (TPSA) is 32.5 Å². The monoisotopic (exact) mass is 259 g/mol. The van der Waals surface area contributed by atoms with Gasteiger partial charge in [-0.25, -0.2) is 0 Å². The summed E-state index contributed by atoms with van der Waals surface area (Å²) in [6.07, 6.45) is 0. The van der Waals surface area contributed by atoms with Gasteiger partial charge in [-0.05, 0) is 38.1 Å². The summed E-state index contributed by atoms with van der Waals surface area (Å²) in [5, 5.41) is 0. The van der Waals surface area contributed by atoms with Crippen LogP contribution in [0.4, 0.5) is 5.69 Å². The van der Waals surface area contributed by atoms with Crippen LogP contribution in [0.3, 0.4) is 0 Å². The predicted molar refractivity (Wildman–Crippen MR) is 80.6 cm³/mol. The molecule has 1 aromatic carbocycles. The molecule has 0 saturated carbocycles. The van der Waals surface area contributed by atoms with Crippen LogP contribution >= 0.6 is 0 Å². The zero-order chi connectivity index (χ0) is 13.6. The van der Waals surface area contributed by atoms with E-state index in [9.17, 15) is 0 Å². The zero-order valence-electron chi connectivity index (χ0n) is 12.3. The normalized spacial score (nSPS) is 31.6. The molecule has 2 aliphatic heterocycles. The number of likely N-dealkylation sites (tertiary alicyclic amines) is 1. The highest BCUT2D eigenvalue weighted by molar-refractivity contribution is 5.55. The molecule has 1 aromatic rings. The first-order valence-corrected chi connectivity index (χ1v) is 7.31. The largest absolute Gasteiger partial charge is 0.371 e. The van der Waals surface area contributed by atoms with Crippen molar-refractivity contribution in [3.8, 4) is 0 Å². The molecule has 0 radical (unpaired) electrons. The summed E-state index contributed by atoms with van der Waals surface area (Å²) >= 11 is 0. The van der Waals surface area contributed by atoms with E-state index in [2.05, 4.69) is 48.9 Å². The molecule has 2 bridgehead atoms. The molecule has 0 aliphatic carbocycles. The first-order valence-electron chi connectivity index (χ1n) is 7.31. The number of rotatable bonds is 1. The van der Waals surface area contributed by atoms with Crippen LogP contribution in [-0.2, 0) is 0 Å². The molecule has 104 valence electrons. The Morgan fingerprint density at radius 1 is 1.05 bits per heavy atom. The van der Waals surface area contributed by atoms with Gasteiger partial charge in [-0.2, -0.15) is 0 Å². The molecule has 0 spiro atoms. The molecular formula is C16H25N3. The standard InChI is InChI=1S/C16H25N3/c1-11-4-5-12(2)15(6-11)19-9-13-7-18(3)8-14(10-19)16(13)17/h4-6,13-14,16H,7-10,17H2,1-3H3. The summed E-state index contributed by atoms with van der Waals surface area (Å²) < 4.78 is 0. The molecule has 2 heterocycles. The van der Waals surface area contributed by atoms with Gasteiger partial charge in [0.15, 0.2) is 0 Å². The second-order valence-electron chi connectivity index (χ2n) is 6.51. The minimum Gasteiger partial charge on any atom is -0.371 e. The fraction of sp³-hybridized carbons (Fsp3) is 0.625. The molecule has 19 heavy (non-hydrogen) atoms. The molecular weight excluding hydrogens is 234 g/mol. The lowest BCUT2D eigenvalue weighted by Crippen LogP contribution is -2.62. The van der Waals surface area contributed by atoms with Gasteiger partial charge in [0.2, 0.25) is 0 Å². The van der Waals surface area contributed by atoms with Gasteiger partial charge in [0.1, 0.15) is 0 Å². The second-order valence-corrected chi connectivity index (χ2v) is 6.51. The molecule has 3 heteroatoms. The van der Waals surface area contributed by atoms with Crippen LogP contribution in [0.2, 0.25) is 0 Å². The maximum absolute atomic E-state index is 6.40. The number of anilines is 1. The van der Waals surface area contributed by atoms with E-state index in [-0.39, 0.29) is 0 Å². The number of nitrogens with two attached hydrogens (primary N) is 1. The molecule has 2 unspecified atom stereocenters. The van der Waals surface area contributed by atoms with Gasteiger partial charge >= 0.3 is 0 Å². The maximum Gasteiger partial charge on any atom is 0.0398 e. The number of hydrogen-bond acceptors (Lipinski definition) is 3. The Hall–Kier alpha value is -1.06. The number of benzene rings is 1. The molecule has 2 aliphatic rings. The Labute approximate surface area is 116 Å². The van der Waals surface area contributed by atoms with Gasteiger partial charge in [0.25, 0.3) is 0 Å². The summed E-state index contributed by atoms with van der Waals surface area (Å²) in [6.45, 7) is 8.87. The fourth-order valence-electron chi connectivity index (χ4n) is 3.76. The van der Waals surface area contributed by atoms with Crippen LogP contribution < -0.4 is 10.6 Å². The van der Waals surface area contributed by atoms with E-state index in [1.807, 2.05) is 0 Å². The molecule has 3 nitrogen and oxygen atoms in total. The summed E-state index contributed by atoms with van der Waals surface area (Å²) in [6, 6.07) is 7.15. The first-order chi connectivity index (χ1) is 9.04. The smallest absolute Gasteiger partial charge is 0.0398 e. The van der Waals surface area contributed by atoms with Gasteiger partial charge in [0, 0.05) is 49.7 Å². The lowest BCUT2D eigenvalue weighted by atomic mass is 9.80. The number of aryl methyl sites for hydroxylation is 2. The summed E-state index contributed by atoms with van der Waals surface area (Å²) in [5.41, 5.74) is 10.5. The van der Waals surface area contributed by atoms with Crippen molar-refractivity contribution in [3.05, 3.63) is 29.3 Å². The molecule has 0 amide bonds. The van der Waals surface area contributed by atoms with Crippen LogP contribution in [0.5, 0.6) is 0 Å². The van der Waals surface area contributed by atoms with Gasteiger partial charge < -0.3 is 15.5 Å². The van der Waals surface area contributed by atoms with Crippen LogP contribution in [0.25, 0.3) is 0 Å². The van der Waals surface area contributed by atoms with Crippen molar-refractivity contribution in [2.75, 3.05) is 38.1 Å². The SMILES string of the molecule is Cc1ccc(C)c(N2CC3CN(C)CC(C2)C3N)c1. The Morgan fingerprint density at radius 3 is 2.32 bits per heavy atom. The zero-order valence-corrected chi connectivity index (χ0v) is 12.3. The maximum atomic E-state index is 6.40. The summed E-state index contributed by atoms with van der Waals surface area (Å²) in [7, 11) is 2.22. The molecule has 2 fully saturated rings. The molecule has 0 aromatic heterocycles. The lowest BCUT2D eigenvalue weighted by molar-refractivity contribution is 0.107. The van der Waals surface area contributed by atoms with Crippen molar-refractivity contribution in [1.29, 1.82) is 0 Å². The molecule has 3 rings (SSSR count). The predicted octanol–water partition coefficient (Wildman–Crippen LogP) is 1.63. The van der Waals surface area contributed by atoms with E-state index in [0.717, 1.165) is 26.2 Å². The highest BCUT2D eigenvalue weighted by Crippen LogP contribution is 2.32. The number of fused-ring (bicyclic) bond motifs is 2. The van der Waals surface area contributed by atoms with E-state index in [0.29, 0.717) is 17.9 Å². The van der Waals surface area contributed by atoms with Crippen molar-refractivity contribution in [2.45, 2.75) is 19.9 Å². The minimum atomic E-state index is 0.387.